The second-order valence-electron chi connectivity index (χ2n) is 4.95. The molecule has 0 atom stereocenters. The summed E-state index contributed by atoms with van der Waals surface area (Å²) in [6.07, 6.45) is 0. The van der Waals surface area contributed by atoms with Gasteiger partial charge in [-0.1, -0.05) is 34.8 Å². The van der Waals surface area contributed by atoms with E-state index < -0.39 is 5.82 Å². The molecule has 2 aromatic carbocycles. The van der Waals surface area contributed by atoms with Crippen LogP contribution in [0.25, 0.3) is 11.5 Å². The van der Waals surface area contributed by atoms with Crippen LogP contribution in [0.5, 0.6) is 5.75 Å². The predicted octanol–water partition coefficient (Wildman–Crippen LogP) is 5.72. The SMILES string of the molecule is Cc1cc(OCc2nnc(-c3cc(F)c(Cl)cc3Cl)o2)ccc1Cl. The third kappa shape index (κ3) is 3.64. The van der Waals surface area contributed by atoms with E-state index >= 15 is 0 Å². The average molecular weight is 388 g/mol. The van der Waals surface area contributed by atoms with Crippen molar-refractivity contribution in [2.75, 3.05) is 0 Å². The van der Waals surface area contributed by atoms with Crippen LogP contribution < -0.4 is 4.74 Å². The van der Waals surface area contributed by atoms with Crippen molar-refractivity contribution in [3.05, 3.63) is 62.7 Å². The molecular weight excluding hydrogens is 378 g/mol. The van der Waals surface area contributed by atoms with E-state index in [0.717, 1.165) is 11.6 Å². The molecule has 8 heteroatoms. The fourth-order valence-corrected chi connectivity index (χ4v) is 2.54. The van der Waals surface area contributed by atoms with E-state index in [9.17, 15) is 4.39 Å². The van der Waals surface area contributed by atoms with Gasteiger partial charge < -0.3 is 9.15 Å². The third-order valence-corrected chi connectivity index (χ3v) is 4.23. The van der Waals surface area contributed by atoms with Crippen LogP contribution in [-0.4, -0.2) is 10.2 Å². The van der Waals surface area contributed by atoms with Gasteiger partial charge in [0.15, 0.2) is 6.61 Å². The van der Waals surface area contributed by atoms with Gasteiger partial charge in [-0.3, -0.25) is 0 Å². The first-order valence-electron chi connectivity index (χ1n) is 6.80. The molecule has 24 heavy (non-hydrogen) atoms. The highest BCUT2D eigenvalue weighted by Crippen LogP contribution is 2.31. The standard InChI is InChI=1S/C16H10Cl3FN2O2/c1-8-4-9(2-3-11(8)17)23-7-15-21-22-16(24-15)10-5-14(20)13(19)6-12(10)18/h2-6H,7H2,1H3. The van der Waals surface area contributed by atoms with Gasteiger partial charge in [0.05, 0.1) is 15.6 Å². The van der Waals surface area contributed by atoms with Gasteiger partial charge in [-0.05, 0) is 42.8 Å². The topological polar surface area (TPSA) is 48.2 Å². The van der Waals surface area contributed by atoms with Crippen molar-refractivity contribution >= 4 is 34.8 Å². The molecule has 3 aromatic rings. The molecule has 0 saturated heterocycles. The molecule has 0 N–H and O–H groups in total. The number of rotatable bonds is 4. The van der Waals surface area contributed by atoms with Crippen LogP contribution >= 0.6 is 34.8 Å². The molecule has 0 unspecified atom stereocenters. The van der Waals surface area contributed by atoms with Crippen LogP contribution in [-0.2, 0) is 6.61 Å². The highest BCUT2D eigenvalue weighted by Gasteiger charge is 2.15. The van der Waals surface area contributed by atoms with E-state index in [1.54, 1.807) is 18.2 Å². The summed E-state index contributed by atoms with van der Waals surface area (Å²) in [5.74, 6) is 0.307. The second-order valence-corrected chi connectivity index (χ2v) is 6.17. The molecule has 1 heterocycles. The van der Waals surface area contributed by atoms with Crippen molar-refractivity contribution < 1.29 is 13.5 Å². The number of aryl methyl sites for hydroxylation is 1. The molecule has 4 nitrogen and oxygen atoms in total. The van der Waals surface area contributed by atoms with Gasteiger partial charge in [0.25, 0.3) is 5.89 Å². The minimum Gasteiger partial charge on any atom is -0.484 e. The first kappa shape index (κ1) is 17.0. The third-order valence-electron chi connectivity index (χ3n) is 3.20. The molecule has 0 saturated carbocycles. The Morgan fingerprint density at radius 2 is 1.83 bits per heavy atom. The zero-order valence-electron chi connectivity index (χ0n) is 12.3. The lowest BCUT2D eigenvalue weighted by molar-refractivity contribution is 0.264. The smallest absolute Gasteiger partial charge is 0.254 e. The number of hydrogen-bond donors (Lipinski definition) is 0. The van der Waals surface area contributed by atoms with E-state index in [-0.39, 0.29) is 34.0 Å². The molecule has 1 aromatic heterocycles. The summed E-state index contributed by atoms with van der Waals surface area (Å²) < 4.78 is 24.6. The largest absolute Gasteiger partial charge is 0.484 e. The molecule has 0 aliphatic carbocycles. The molecule has 0 aliphatic heterocycles. The quantitative estimate of drug-likeness (QED) is 0.537. The Hall–Kier alpha value is -1.82. The average Bonchev–Trinajstić information content (AvgIpc) is 3.01. The summed E-state index contributed by atoms with van der Waals surface area (Å²) in [5, 5.41) is 8.50. The predicted molar refractivity (Wildman–Crippen MR) is 90.2 cm³/mol. The van der Waals surface area contributed by atoms with Gasteiger partial charge >= 0.3 is 0 Å². The monoisotopic (exact) mass is 386 g/mol. The molecule has 3 rings (SSSR count). The number of ether oxygens (including phenoxy) is 1. The summed E-state index contributed by atoms with van der Waals surface area (Å²) in [6, 6.07) is 7.70. The van der Waals surface area contributed by atoms with E-state index in [1.165, 1.54) is 6.07 Å². The Morgan fingerprint density at radius 3 is 2.58 bits per heavy atom. The van der Waals surface area contributed by atoms with Crippen molar-refractivity contribution in [2.45, 2.75) is 13.5 Å². The number of nitrogens with zero attached hydrogens (tertiary/aromatic N) is 2. The second kappa shape index (κ2) is 6.97. The van der Waals surface area contributed by atoms with Gasteiger partial charge in [0.1, 0.15) is 11.6 Å². The van der Waals surface area contributed by atoms with Gasteiger partial charge in [0.2, 0.25) is 5.89 Å². The first-order valence-corrected chi connectivity index (χ1v) is 7.93. The van der Waals surface area contributed by atoms with Gasteiger partial charge in [-0.2, -0.15) is 0 Å². The summed E-state index contributed by atoms with van der Waals surface area (Å²) in [4.78, 5) is 0. The molecule has 0 spiro atoms. The summed E-state index contributed by atoms with van der Waals surface area (Å²) >= 11 is 17.7. The van der Waals surface area contributed by atoms with Crippen LogP contribution in [0.4, 0.5) is 4.39 Å². The van der Waals surface area contributed by atoms with Crippen LogP contribution in [0.1, 0.15) is 11.5 Å². The maximum absolute atomic E-state index is 13.6. The van der Waals surface area contributed by atoms with Crippen LogP contribution in [0, 0.1) is 12.7 Å². The van der Waals surface area contributed by atoms with Crippen molar-refractivity contribution in [1.82, 2.24) is 10.2 Å². The Labute approximate surface area is 152 Å². The van der Waals surface area contributed by atoms with Crippen molar-refractivity contribution in [3.63, 3.8) is 0 Å². The number of halogens is 4. The lowest BCUT2D eigenvalue weighted by Gasteiger charge is -2.05. The van der Waals surface area contributed by atoms with Crippen LogP contribution in [0.2, 0.25) is 15.1 Å². The minimum absolute atomic E-state index is 0.0573. The zero-order valence-corrected chi connectivity index (χ0v) is 14.6. The van der Waals surface area contributed by atoms with Crippen molar-refractivity contribution in [2.24, 2.45) is 0 Å². The highest BCUT2D eigenvalue weighted by molar-refractivity contribution is 6.36. The lowest BCUT2D eigenvalue weighted by atomic mass is 10.2. The molecular formula is C16H10Cl3FN2O2. The fourth-order valence-electron chi connectivity index (χ4n) is 1.96. The molecule has 0 bridgehead atoms. The Morgan fingerprint density at radius 1 is 1.04 bits per heavy atom. The zero-order chi connectivity index (χ0) is 17.3. The first-order chi connectivity index (χ1) is 11.4. The maximum Gasteiger partial charge on any atom is 0.254 e. The Bertz CT molecular complexity index is 899. The summed E-state index contributed by atoms with van der Waals surface area (Å²) in [7, 11) is 0. The lowest BCUT2D eigenvalue weighted by Crippen LogP contribution is -1.96. The van der Waals surface area contributed by atoms with Crippen LogP contribution in [0.3, 0.4) is 0 Å². The molecule has 0 aliphatic rings. The molecule has 0 fully saturated rings. The normalized spacial score (nSPS) is 10.9. The van der Waals surface area contributed by atoms with E-state index in [2.05, 4.69) is 10.2 Å². The van der Waals surface area contributed by atoms with Gasteiger partial charge in [-0.15, -0.1) is 10.2 Å². The van der Waals surface area contributed by atoms with E-state index in [4.69, 9.17) is 44.0 Å². The van der Waals surface area contributed by atoms with Crippen molar-refractivity contribution in [3.8, 4) is 17.2 Å². The number of benzene rings is 2. The van der Waals surface area contributed by atoms with Gasteiger partial charge in [-0.25, -0.2) is 4.39 Å². The number of hydrogen-bond acceptors (Lipinski definition) is 4. The maximum atomic E-state index is 13.6. The molecule has 0 amide bonds. The Balaban J connectivity index is 1.76. The molecule has 0 radical (unpaired) electrons. The fraction of sp³-hybridized carbons (Fsp3) is 0.125. The summed E-state index contributed by atoms with van der Waals surface area (Å²) in [6.45, 7) is 1.93. The Kier molecular flexibility index (Phi) is 4.94. The van der Waals surface area contributed by atoms with Crippen LogP contribution in [0.15, 0.2) is 34.7 Å². The summed E-state index contributed by atoms with van der Waals surface area (Å²) in [5.41, 5.74) is 1.16. The molecule has 124 valence electrons. The van der Waals surface area contributed by atoms with Crippen molar-refractivity contribution in [1.29, 1.82) is 0 Å². The van der Waals surface area contributed by atoms with Gasteiger partial charge in [0, 0.05) is 5.02 Å². The number of aromatic nitrogens is 2. The van der Waals surface area contributed by atoms with E-state index in [0.29, 0.717) is 10.8 Å². The van der Waals surface area contributed by atoms with E-state index in [1.807, 2.05) is 6.92 Å². The minimum atomic E-state index is -0.622. The highest BCUT2D eigenvalue weighted by atomic mass is 35.5.